The summed E-state index contributed by atoms with van der Waals surface area (Å²) < 4.78 is 4.62. The van der Waals surface area contributed by atoms with Crippen LogP contribution in [-0.2, 0) is 9.53 Å². The van der Waals surface area contributed by atoms with E-state index >= 15 is 0 Å². The lowest BCUT2D eigenvalue weighted by Gasteiger charge is -2.10. The Balaban J connectivity index is 2.65. The molecule has 0 aliphatic carbocycles. The van der Waals surface area contributed by atoms with E-state index in [0.29, 0.717) is 11.3 Å². The standard InChI is InChI=1S/C12H15N3O4/c1-13-12(18)15-10(16)7-14-9-6-4-3-5-8(9)11(17)19-2/h3-6,14H,7H2,1-2H3,(H2,13,15,16,18). The van der Waals surface area contributed by atoms with Gasteiger partial charge in [-0.25, -0.2) is 9.59 Å². The van der Waals surface area contributed by atoms with Gasteiger partial charge in [-0.3, -0.25) is 10.1 Å². The van der Waals surface area contributed by atoms with Gasteiger partial charge in [0.15, 0.2) is 0 Å². The van der Waals surface area contributed by atoms with Crippen LogP contribution >= 0.6 is 0 Å². The molecular formula is C12H15N3O4. The van der Waals surface area contributed by atoms with Crippen molar-refractivity contribution in [2.24, 2.45) is 0 Å². The van der Waals surface area contributed by atoms with Crippen LogP contribution < -0.4 is 16.0 Å². The first-order valence-corrected chi connectivity index (χ1v) is 5.51. The molecule has 3 amide bonds. The van der Waals surface area contributed by atoms with Gasteiger partial charge in [0, 0.05) is 12.7 Å². The van der Waals surface area contributed by atoms with E-state index in [9.17, 15) is 14.4 Å². The van der Waals surface area contributed by atoms with E-state index in [0.717, 1.165) is 0 Å². The second kappa shape index (κ2) is 7.00. The second-order valence-electron chi connectivity index (χ2n) is 3.52. The topological polar surface area (TPSA) is 96.5 Å². The SMILES string of the molecule is CNC(=O)NC(=O)CNc1ccccc1C(=O)OC. The molecular weight excluding hydrogens is 250 g/mol. The van der Waals surface area contributed by atoms with E-state index in [1.165, 1.54) is 14.2 Å². The summed E-state index contributed by atoms with van der Waals surface area (Å²) >= 11 is 0. The van der Waals surface area contributed by atoms with Crippen molar-refractivity contribution in [2.45, 2.75) is 0 Å². The zero-order valence-corrected chi connectivity index (χ0v) is 10.6. The Morgan fingerprint density at radius 3 is 2.53 bits per heavy atom. The molecule has 0 radical (unpaired) electrons. The van der Waals surface area contributed by atoms with Crippen molar-refractivity contribution < 1.29 is 19.1 Å². The van der Waals surface area contributed by atoms with E-state index < -0.39 is 17.9 Å². The Hall–Kier alpha value is -2.57. The van der Waals surface area contributed by atoms with Crippen LogP contribution in [0.1, 0.15) is 10.4 Å². The average molecular weight is 265 g/mol. The number of methoxy groups -OCH3 is 1. The van der Waals surface area contributed by atoms with Crippen molar-refractivity contribution >= 4 is 23.6 Å². The number of rotatable bonds is 4. The summed E-state index contributed by atoms with van der Waals surface area (Å²) in [5, 5.41) is 7.12. The van der Waals surface area contributed by atoms with Crippen molar-refractivity contribution in [2.75, 3.05) is 26.0 Å². The van der Waals surface area contributed by atoms with Crippen LogP contribution in [0.2, 0.25) is 0 Å². The van der Waals surface area contributed by atoms with E-state index in [4.69, 9.17) is 0 Å². The lowest BCUT2D eigenvalue weighted by molar-refractivity contribution is -0.118. The molecule has 0 heterocycles. The number of benzene rings is 1. The summed E-state index contributed by atoms with van der Waals surface area (Å²) in [6, 6.07) is 6.02. The Kier molecular flexibility index (Phi) is 5.34. The molecule has 0 spiro atoms. The van der Waals surface area contributed by atoms with Gasteiger partial charge in [0.25, 0.3) is 0 Å². The maximum atomic E-state index is 11.5. The van der Waals surface area contributed by atoms with Crippen LogP contribution in [0.5, 0.6) is 0 Å². The van der Waals surface area contributed by atoms with E-state index in [1.54, 1.807) is 24.3 Å². The number of hydrogen-bond acceptors (Lipinski definition) is 5. The van der Waals surface area contributed by atoms with Crippen molar-refractivity contribution in [1.29, 1.82) is 0 Å². The third-order valence-electron chi connectivity index (χ3n) is 2.25. The third-order valence-corrected chi connectivity index (χ3v) is 2.25. The third kappa shape index (κ3) is 4.30. The number of hydrogen-bond donors (Lipinski definition) is 3. The van der Waals surface area contributed by atoms with Gasteiger partial charge in [0.1, 0.15) is 0 Å². The maximum absolute atomic E-state index is 11.5. The fourth-order valence-corrected chi connectivity index (χ4v) is 1.33. The summed E-state index contributed by atoms with van der Waals surface area (Å²) in [5.41, 5.74) is 0.777. The highest BCUT2D eigenvalue weighted by atomic mass is 16.5. The monoisotopic (exact) mass is 265 g/mol. The van der Waals surface area contributed by atoms with Crippen LogP contribution in [0.15, 0.2) is 24.3 Å². The lowest BCUT2D eigenvalue weighted by Crippen LogP contribution is -2.40. The summed E-state index contributed by atoms with van der Waals surface area (Å²) in [5.74, 6) is -1.02. The molecule has 7 heteroatoms. The maximum Gasteiger partial charge on any atom is 0.339 e. The molecule has 1 aromatic rings. The first-order chi connectivity index (χ1) is 9.08. The van der Waals surface area contributed by atoms with Crippen LogP contribution in [0, 0.1) is 0 Å². The highest BCUT2D eigenvalue weighted by Gasteiger charge is 2.12. The molecule has 19 heavy (non-hydrogen) atoms. The van der Waals surface area contributed by atoms with Gasteiger partial charge in [-0.2, -0.15) is 0 Å². The Morgan fingerprint density at radius 1 is 1.21 bits per heavy atom. The Labute approximate surface area is 110 Å². The summed E-state index contributed by atoms with van der Waals surface area (Å²) in [6.07, 6.45) is 0. The molecule has 102 valence electrons. The fraction of sp³-hybridized carbons (Fsp3) is 0.250. The largest absolute Gasteiger partial charge is 0.465 e. The molecule has 0 aliphatic rings. The van der Waals surface area contributed by atoms with Crippen LogP contribution in [-0.4, -0.2) is 38.6 Å². The van der Waals surface area contributed by atoms with Crippen molar-refractivity contribution in [1.82, 2.24) is 10.6 Å². The smallest absolute Gasteiger partial charge is 0.339 e. The fourth-order valence-electron chi connectivity index (χ4n) is 1.33. The van der Waals surface area contributed by atoms with Crippen LogP contribution in [0.4, 0.5) is 10.5 Å². The molecule has 0 aromatic heterocycles. The molecule has 1 aromatic carbocycles. The number of urea groups is 1. The number of nitrogens with one attached hydrogen (secondary N) is 3. The quantitative estimate of drug-likeness (QED) is 0.682. The number of esters is 1. The van der Waals surface area contributed by atoms with Crippen molar-refractivity contribution in [3.63, 3.8) is 0 Å². The number of imide groups is 1. The molecule has 3 N–H and O–H groups in total. The predicted octanol–water partition coefficient (Wildman–Crippen LogP) is 0.341. The van der Waals surface area contributed by atoms with Crippen molar-refractivity contribution in [3.8, 4) is 0 Å². The van der Waals surface area contributed by atoms with E-state index in [-0.39, 0.29) is 6.54 Å². The van der Waals surface area contributed by atoms with Crippen LogP contribution in [0.3, 0.4) is 0 Å². The summed E-state index contributed by atoms with van der Waals surface area (Å²) in [7, 11) is 2.68. The van der Waals surface area contributed by atoms with Gasteiger partial charge in [0.05, 0.1) is 19.2 Å². The first kappa shape index (κ1) is 14.5. The summed E-state index contributed by atoms with van der Waals surface area (Å²) in [6.45, 7) is -0.137. The normalized spacial score (nSPS) is 9.37. The minimum Gasteiger partial charge on any atom is -0.465 e. The van der Waals surface area contributed by atoms with Gasteiger partial charge in [0.2, 0.25) is 5.91 Å². The second-order valence-corrected chi connectivity index (χ2v) is 3.52. The van der Waals surface area contributed by atoms with Gasteiger partial charge in [-0.15, -0.1) is 0 Å². The minimum atomic E-state index is -0.590. The van der Waals surface area contributed by atoms with Crippen molar-refractivity contribution in [3.05, 3.63) is 29.8 Å². The first-order valence-electron chi connectivity index (χ1n) is 5.51. The molecule has 0 saturated carbocycles. The zero-order valence-electron chi connectivity index (χ0n) is 10.6. The molecule has 0 bridgehead atoms. The average Bonchev–Trinajstić information content (AvgIpc) is 2.44. The number of carbonyl (C=O) groups is 3. The Morgan fingerprint density at radius 2 is 1.89 bits per heavy atom. The predicted molar refractivity (Wildman–Crippen MR) is 68.9 cm³/mol. The van der Waals surface area contributed by atoms with E-state index in [2.05, 4.69) is 20.7 Å². The number of para-hydroxylation sites is 1. The lowest BCUT2D eigenvalue weighted by atomic mass is 10.2. The van der Waals surface area contributed by atoms with Gasteiger partial charge in [-0.1, -0.05) is 12.1 Å². The molecule has 7 nitrogen and oxygen atoms in total. The van der Waals surface area contributed by atoms with Gasteiger partial charge >= 0.3 is 12.0 Å². The van der Waals surface area contributed by atoms with Gasteiger partial charge < -0.3 is 15.4 Å². The summed E-state index contributed by atoms with van der Waals surface area (Å²) in [4.78, 5) is 33.8. The molecule has 1 rings (SSSR count). The highest BCUT2D eigenvalue weighted by Crippen LogP contribution is 2.15. The minimum absolute atomic E-state index is 0.137. The zero-order chi connectivity index (χ0) is 14.3. The Bertz CT molecular complexity index is 488. The number of ether oxygens (including phenoxy) is 1. The number of carbonyl (C=O) groups excluding carboxylic acids is 3. The van der Waals surface area contributed by atoms with E-state index in [1.807, 2.05) is 0 Å². The number of anilines is 1. The number of amides is 3. The molecule has 0 fully saturated rings. The molecule has 0 atom stereocenters. The van der Waals surface area contributed by atoms with Gasteiger partial charge in [-0.05, 0) is 12.1 Å². The molecule has 0 aliphatic heterocycles. The van der Waals surface area contributed by atoms with Crippen LogP contribution in [0.25, 0.3) is 0 Å². The highest BCUT2D eigenvalue weighted by molar-refractivity contribution is 5.98. The molecule has 0 saturated heterocycles. The molecule has 0 unspecified atom stereocenters.